The molecule has 2 heterocycles. The molecule has 0 saturated carbocycles. The van der Waals surface area contributed by atoms with Gasteiger partial charge in [-0.15, -0.1) is 0 Å². The van der Waals surface area contributed by atoms with Gasteiger partial charge in [0.05, 0.1) is 0 Å². The van der Waals surface area contributed by atoms with Gasteiger partial charge in [0.2, 0.25) is 0 Å². The highest BCUT2D eigenvalue weighted by atomic mass is 35.5. The first kappa shape index (κ1) is 19.7. The SMILES string of the molecule is Cc1c(Cc2ccc(Cl)cc2F)cncc1Cc1ccnc(NC(=O)O)c1F. The minimum absolute atomic E-state index is 0.193. The minimum Gasteiger partial charge on any atom is -0.465 e. The Kier molecular flexibility index (Phi) is 5.84. The van der Waals surface area contributed by atoms with Crippen LogP contribution < -0.4 is 5.32 Å². The highest BCUT2D eigenvalue weighted by molar-refractivity contribution is 6.30. The lowest BCUT2D eigenvalue weighted by Gasteiger charge is -2.13. The smallest absolute Gasteiger partial charge is 0.410 e. The predicted molar refractivity (Wildman–Crippen MR) is 102 cm³/mol. The van der Waals surface area contributed by atoms with E-state index in [1.807, 2.05) is 12.2 Å². The fourth-order valence-electron chi connectivity index (χ4n) is 2.86. The number of hydrogen-bond acceptors (Lipinski definition) is 3. The summed E-state index contributed by atoms with van der Waals surface area (Å²) in [5.74, 6) is -1.49. The second kappa shape index (κ2) is 8.31. The Morgan fingerprint density at radius 3 is 2.43 bits per heavy atom. The van der Waals surface area contributed by atoms with Crippen LogP contribution in [0.4, 0.5) is 19.4 Å². The maximum absolute atomic E-state index is 14.5. The molecule has 2 N–H and O–H groups in total. The summed E-state index contributed by atoms with van der Waals surface area (Å²) in [5, 5.41) is 11.0. The normalized spacial score (nSPS) is 10.7. The molecule has 0 unspecified atom stereocenters. The number of rotatable bonds is 5. The molecule has 3 rings (SSSR count). The summed E-state index contributed by atoms with van der Waals surface area (Å²) in [7, 11) is 0. The molecule has 1 amide bonds. The number of benzene rings is 1. The number of halogens is 3. The molecule has 0 spiro atoms. The molecule has 0 aliphatic rings. The summed E-state index contributed by atoms with van der Waals surface area (Å²) >= 11 is 5.79. The Morgan fingerprint density at radius 2 is 1.79 bits per heavy atom. The number of pyridine rings is 2. The molecule has 2 aromatic heterocycles. The molecule has 0 aliphatic heterocycles. The Labute approximate surface area is 165 Å². The zero-order chi connectivity index (χ0) is 20.3. The van der Waals surface area contributed by atoms with Gasteiger partial charge >= 0.3 is 6.09 Å². The van der Waals surface area contributed by atoms with Crippen molar-refractivity contribution in [3.8, 4) is 0 Å². The van der Waals surface area contributed by atoms with Gasteiger partial charge in [-0.2, -0.15) is 0 Å². The minimum atomic E-state index is -1.40. The molecule has 144 valence electrons. The third kappa shape index (κ3) is 4.43. The number of carboxylic acid groups (broad SMARTS) is 1. The lowest BCUT2D eigenvalue weighted by atomic mass is 9.96. The van der Waals surface area contributed by atoms with Crippen molar-refractivity contribution in [2.75, 3.05) is 5.32 Å². The maximum Gasteiger partial charge on any atom is 0.410 e. The number of amides is 1. The summed E-state index contributed by atoms with van der Waals surface area (Å²) < 4.78 is 28.6. The Morgan fingerprint density at radius 1 is 1.11 bits per heavy atom. The fraction of sp³-hybridized carbons (Fsp3) is 0.150. The van der Waals surface area contributed by atoms with E-state index in [4.69, 9.17) is 16.7 Å². The van der Waals surface area contributed by atoms with E-state index in [0.29, 0.717) is 17.0 Å². The van der Waals surface area contributed by atoms with Gasteiger partial charge in [0.15, 0.2) is 11.6 Å². The Balaban J connectivity index is 1.89. The van der Waals surface area contributed by atoms with Gasteiger partial charge in [-0.25, -0.2) is 18.6 Å². The molecule has 0 bridgehead atoms. The number of hydrogen-bond donors (Lipinski definition) is 2. The van der Waals surface area contributed by atoms with Crippen molar-refractivity contribution >= 4 is 23.5 Å². The van der Waals surface area contributed by atoms with Gasteiger partial charge in [0.25, 0.3) is 0 Å². The lowest BCUT2D eigenvalue weighted by Crippen LogP contribution is -2.12. The molecule has 0 aliphatic carbocycles. The van der Waals surface area contributed by atoms with Crippen molar-refractivity contribution in [3.05, 3.63) is 87.3 Å². The number of carbonyl (C=O) groups is 1. The van der Waals surface area contributed by atoms with Gasteiger partial charge < -0.3 is 5.11 Å². The maximum atomic E-state index is 14.5. The molecule has 0 saturated heterocycles. The highest BCUT2D eigenvalue weighted by Crippen LogP contribution is 2.24. The molecular formula is C20H16ClF2N3O2. The van der Waals surface area contributed by atoms with E-state index in [9.17, 15) is 13.6 Å². The summed E-state index contributed by atoms with van der Waals surface area (Å²) in [6.45, 7) is 1.86. The summed E-state index contributed by atoms with van der Waals surface area (Å²) in [6.07, 6.45) is 3.71. The van der Waals surface area contributed by atoms with Crippen molar-refractivity contribution in [2.24, 2.45) is 0 Å². The predicted octanol–water partition coefficient (Wildman–Crippen LogP) is 4.99. The van der Waals surface area contributed by atoms with Crippen LogP contribution in [0.5, 0.6) is 0 Å². The quantitative estimate of drug-likeness (QED) is 0.629. The van der Waals surface area contributed by atoms with Crippen LogP contribution in [0.25, 0.3) is 0 Å². The molecule has 0 radical (unpaired) electrons. The number of aromatic nitrogens is 2. The summed E-state index contributed by atoms with van der Waals surface area (Å²) in [4.78, 5) is 18.6. The first-order valence-corrected chi connectivity index (χ1v) is 8.72. The first-order valence-electron chi connectivity index (χ1n) is 8.34. The van der Waals surface area contributed by atoms with Crippen LogP contribution in [0.3, 0.4) is 0 Å². The van der Waals surface area contributed by atoms with Crippen molar-refractivity contribution in [1.82, 2.24) is 9.97 Å². The van der Waals surface area contributed by atoms with Crippen LogP contribution in [-0.4, -0.2) is 21.2 Å². The second-order valence-corrected chi connectivity index (χ2v) is 6.67. The van der Waals surface area contributed by atoms with E-state index in [2.05, 4.69) is 9.97 Å². The van der Waals surface area contributed by atoms with Gasteiger partial charge in [0.1, 0.15) is 5.82 Å². The lowest BCUT2D eigenvalue weighted by molar-refractivity contribution is 0.209. The standard InChI is InChI=1S/C20H16ClF2N3O2/c1-11-14(6-12-2-3-16(21)8-17(12)22)9-24-10-15(11)7-13-4-5-25-19(18(13)23)26-20(27)28/h2-5,8-10H,6-7H2,1H3,(H,25,26)(H,27,28). The largest absolute Gasteiger partial charge is 0.465 e. The van der Waals surface area contributed by atoms with Gasteiger partial charge in [-0.3, -0.25) is 10.3 Å². The van der Waals surface area contributed by atoms with Crippen molar-refractivity contribution < 1.29 is 18.7 Å². The molecule has 3 aromatic rings. The van der Waals surface area contributed by atoms with Crippen molar-refractivity contribution in [1.29, 1.82) is 0 Å². The third-order valence-electron chi connectivity index (χ3n) is 4.40. The van der Waals surface area contributed by atoms with Crippen LogP contribution >= 0.6 is 11.6 Å². The Hall–Kier alpha value is -3.06. The van der Waals surface area contributed by atoms with Crippen LogP contribution in [0.15, 0.2) is 42.9 Å². The topological polar surface area (TPSA) is 75.1 Å². The average Bonchev–Trinajstić information content (AvgIpc) is 2.63. The summed E-state index contributed by atoms with van der Waals surface area (Å²) in [5.41, 5.74) is 3.16. The second-order valence-electron chi connectivity index (χ2n) is 6.23. The molecule has 28 heavy (non-hydrogen) atoms. The first-order chi connectivity index (χ1) is 13.3. The summed E-state index contributed by atoms with van der Waals surface area (Å²) in [6, 6.07) is 5.98. The zero-order valence-electron chi connectivity index (χ0n) is 14.8. The molecule has 8 heteroatoms. The van der Waals surface area contributed by atoms with Gasteiger partial charge in [-0.05, 0) is 52.9 Å². The van der Waals surface area contributed by atoms with E-state index in [0.717, 1.165) is 16.7 Å². The number of nitrogens with one attached hydrogen (secondary N) is 1. The van der Waals surface area contributed by atoms with E-state index in [1.165, 1.54) is 18.3 Å². The van der Waals surface area contributed by atoms with Gasteiger partial charge in [0, 0.05) is 36.5 Å². The average molecular weight is 404 g/mol. The van der Waals surface area contributed by atoms with Crippen LogP contribution in [0, 0.1) is 18.6 Å². The number of anilines is 1. The fourth-order valence-corrected chi connectivity index (χ4v) is 3.02. The Bertz CT molecular complexity index is 1040. The molecule has 5 nitrogen and oxygen atoms in total. The number of nitrogens with zero attached hydrogens (tertiary/aromatic N) is 2. The van der Waals surface area contributed by atoms with Crippen molar-refractivity contribution in [3.63, 3.8) is 0 Å². The van der Waals surface area contributed by atoms with Crippen LogP contribution in [-0.2, 0) is 12.8 Å². The molecule has 0 atom stereocenters. The molecule has 1 aromatic carbocycles. The van der Waals surface area contributed by atoms with E-state index >= 15 is 0 Å². The van der Waals surface area contributed by atoms with Crippen LogP contribution in [0.2, 0.25) is 5.02 Å². The van der Waals surface area contributed by atoms with E-state index < -0.39 is 17.7 Å². The van der Waals surface area contributed by atoms with E-state index in [1.54, 1.807) is 24.5 Å². The highest BCUT2D eigenvalue weighted by Gasteiger charge is 2.15. The third-order valence-corrected chi connectivity index (χ3v) is 4.63. The molecular weight excluding hydrogens is 388 g/mol. The van der Waals surface area contributed by atoms with E-state index in [-0.39, 0.29) is 17.8 Å². The van der Waals surface area contributed by atoms with Crippen LogP contribution in [0.1, 0.15) is 27.8 Å². The molecule has 0 fully saturated rings. The van der Waals surface area contributed by atoms with Crippen molar-refractivity contribution in [2.45, 2.75) is 19.8 Å². The zero-order valence-corrected chi connectivity index (χ0v) is 15.6. The van der Waals surface area contributed by atoms with Gasteiger partial charge in [-0.1, -0.05) is 17.7 Å². The monoisotopic (exact) mass is 403 g/mol.